The van der Waals surface area contributed by atoms with E-state index in [2.05, 4.69) is 77.6 Å². The van der Waals surface area contributed by atoms with E-state index in [1.165, 1.54) is 29.2 Å². The number of hydrogen-bond acceptors (Lipinski definition) is 4. The number of rotatable bonds is 5. The first-order chi connectivity index (χ1) is 12.7. The topological polar surface area (TPSA) is 41.1 Å². The average molecular weight is 346 g/mol. The van der Waals surface area contributed by atoms with Crippen LogP contribution in [0.15, 0.2) is 48.5 Å². The Morgan fingerprint density at radius 2 is 1.77 bits per heavy atom. The Morgan fingerprint density at radius 1 is 1.00 bits per heavy atom. The summed E-state index contributed by atoms with van der Waals surface area (Å²) in [6, 6.07) is 17.5. The SMILES string of the molecule is Cc1cc(CNC(C)c2ccc3ccccc3c2)nc(N2CCCC2)n1. The fourth-order valence-corrected chi connectivity index (χ4v) is 3.62. The molecule has 3 aromatic rings. The van der Waals surface area contributed by atoms with Crippen molar-refractivity contribution >= 4 is 16.7 Å². The molecular weight excluding hydrogens is 320 g/mol. The lowest BCUT2D eigenvalue weighted by Crippen LogP contribution is -2.23. The number of benzene rings is 2. The number of hydrogen-bond donors (Lipinski definition) is 1. The standard InChI is InChI=1S/C22H26N4/c1-16-13-21(25-22(24-16)26-11-5-6-12-26)15-23-17(2)19-10-9-18-7-3-4-8-20(18)14-19/h3-4,7-10,13-14,17,23H,5-6,11-12,15H2,1-2H3. The van der Waals surface area contributed by atoms with Crippen molar-refractivity contribution in [2.45, 2.75) is 39.3 Å². The van der Waals surface area contributed by atoms with Gasteiger partial charge in [-0.2, -0.15) is 0 Å². The van der Waals surface area contributed by atoms with Crippen molar-refractivity contribution in [3.8, 4) is 0 Å². The highest BCUT2D eigenvalue weighted by Gasteiger charge is 2.16. The van der Waals surface area contributed by atoms with Gasteiger partial charge in [-0.05, 0) is 55.2 Å². The van der Waals surface area contributed by atoms with E-state index < -0.39 is 0 Å². The minimum absolute atomic E-state index is 0.269. The van der Waals surface area contributed by atoms with Gasteiger partial charge in [-0.1, -0.05) is 36.4 Å². The van der Waals surface area contributed by atoms with Crippen molar-refractivity contribution in [3.63, 3.8) is 0 Å². The quantitative estimate of drug-likeness (QED) is 0.744. The largest absolute Gasteiger partial charge is 0.341 e. The van der Waals surface area contributed by atoms with Crippen LogP contribution in [-0.4, -0.2) is 23.1 Å². The first-order valence-corrected chi connectivity index (χ1v) is 9.51. The highest BCUT2D eigenvalue weighted by atomic mass is 15.3. The molecular formula is C22H26N4. The molecule has 1 atom stereocenters. The fourth-order valence-electron chi connectivity index (χ4n) is 3.62. The second kappa shape index (κ2) is 7.42. The van der Waals surface area contributed by atoms with Crippen LogP contribution in [0.3, 0.4) is 0 Å². The summed E-state index contributed by atoms with van der Waals surface area (Å²) in [5.74, 6) is 0.887. The van der Waals surface area contributed by atoms with Crippen molar-refractivity contribution in [1.82, 2.24) is 15.3 Å². The molecule has 2 aromatic carbocycles. The molecule has 4 heteroatoms. The predicted molar refractivity (Wildman–Crippen MR) is 107 cm³/mol. The van der Waals surface area contributed by atoms with Gasteiger partial charge >= 0.3 is 0 Å². The molecule has 1 saturated heterocycles. The molecule has 4 rings (SSSR count). The van der Waals surface area contributed by atoms with Crippen LogP contribution in [0.1, 0.15) is 42.8 Å². The maximum atomic E-state index is 4.78. The monoisotopic (exact) mass is 346 g/mol. The smallest absolute Gasteiger partial charge is 0.225 e. The summed E-state index contributed by atoms with van der Waals surface area (Å²) in [5.41, 5.74) is 3.40. The highest BCUT2D eigenvalue weighted by molar-refractivity contribution is 5.83. The molecule has 4 nitrogen and oxygen atoms in total. The summed E-state index contributed by atoms with van der Waals surface area (Å²) in [5, 5.41) is 6.18. The first-order valence-electron chi connectivity index (χ1n) is 9.51. The maximum Gasteiger partial charge on any atom is 0.225 e. The number of anilines is 1. The van der Waals surface area contributed by atoms with Gasteiger partial charge in [0.1, 0.15) is 0 Å². The van der Waals surface area contributed by atoms with Crippen LogP contribution in [0, 0.1) is 6.92 Å². The molecule has 1 aliphatic rings. The molecule has 0 saturated carbocycles. The molecule has 26 heavy (non-hydrogen) atoms. The number of fused-ring (bicyclic) bond motifs is 1. The van der Waals surface area contributed by atoms with Gasteiger partial charge in [0, 0.05) is 31.4 Å². The van der Waals surface area contributed by atoms with E-state index in [9.17, 15) is 0 Å². The minimum Gasteiger partial charge on any atom is -0.341 e. The van der Waals surface area contributed by atoms with Crippen LogP contribution in [-0.2, 0) is 6.54 Å². The van der Waals surface area contributed by atoms with Crippen LogP contribution in [0.2, 0.25) is 0 Å². The Balaban J connectivity index is 1.47. The Morgan fingerprint density at radius 3 is 2.58 bits per heavy atom. The van der Waals surface area contributed by atoms with Gasteiger partial charge in [0.25, 0.3) is 0 Å². The second-order valence-electron chi connectivity index (χ2n) is 7.20. The van der Waals surface area contributed by atoms with E-state index in [0.717, 1.165) is 37.0 Å². The molecule has 0 amide bonds. The van der Waals surface area contributed by atoms with Gasteiger partial charge in [0.15, 0.2) is 0 Å². The van der Waals surface area contributed by atoms with Gasteiger partial charge in [-0.15, -0.1) is 0 Å². The van der Waals surface area contributed by atoms with E-state index in [0.29, 0.717) is 0 Å². The molecule has 134 valence electrons. The van der Waals surface area contributed by atoms with Gasteiger partial charge < -0.3 is 10.2 Å². The lowest BCUT2D eigenvalue weighted by Gasteiger charge is -2.18. The molecule has 0 spiro atoms. The first kappa shape index (κ1) is 17.0. The highest BCUT2D eigenvalue weighted by Crippen LogP contribution is 2.21. The van der Waals surface area contributed by atoms with Crippen molar-refractivity contribution in [1.29, 1.82) is 0 Å². The fraction of sp³-hybridized carbons (Fsp3) is 0.364. The van der Waals surface area contributed by atoms with Gasteiger partial charge in [0.05, 0.1) is 5.69 Å². The number of nitrogens with one attached hydrogen (secondary N) is 1. The predicted octanol–water partition coefficient (Wildman–Crippen LogP) is 4.39. The van der Waals surface area contributed by atoms with Crippen molar-refractivity contribution in [3.05, 3.63) is 65.5 Å². The zero-order valence-corrected chi connectivity index (χ0v) is 15.6. The molecule has 1 aromatic heterocycles. The zero-order chi connectivity index (χ0) is 17.9. The zero-order valence-electron chi connectivity index (χ0n) is 15.6. The Labute approximate surface area is 155 Å². The van der Waals surface area contributed by atoms with Crippen molar-refractivity contribution in [2.24, 2.45) is 0 Å². The lowest BCUT2D eigenvalue weighted by molar-refractivity contribution is 0.567. The number of aryl methyl sites for hydroxylation is 1. The van der Waals surface area contributed by atoms with E-state index >= 15 is 0 Å². The van der Waals surface area contributed by atoms with Crippen LogP contribution in [0.25, 0.3) is 10.8 Å². The average Bonchev–Trinajstić information content (AvgIpc) is 3.20. The number of aromatic nitrogens is 2. The van der Waals surface area contributed by atoms with Crippen LogP contribution in [0.4, 0.5) is 5.95 Å². The van der Waals surface area contributed by atoms with E-state index in [-0.39, 0.29) is 6.04 Å². The Bertz CT molecular complexity index is 900. The third kappa shape index (κ3) is 3.70. The number of nitrogens with zero attached hydrogens (tertiary/aromatic N) is 3. The third-order valence-electron chi connectivity index (χ3n) is 5.15. The second-order valence-corrected chi connectivity index (χ2v) is 7.20. The molecule has 1 N–H and O–H groups in total. The molecule has 0 aliphatic carbocycles. The van der Waals surface area contributed by atoms with E-state index in [1.807, 2.05) is 0 Å². The molecule has 0 radical (unpaired) electrons. The van der Waals surface area contributed by atoms with Crippen LogP contribution < -0.4 is 10.2 Å². The van der Waals surface area contributed by atoms with Gasteiger partial charge in [-0.3, -0.25) is 0 Å². The molecule has 1 unspecified atom stereocenters. The molecule has 1 fully saturated rings. The van der Waals surface area contributed by atoms with Gasteiger partial charge in [-0.25, -0.2) is 9.97 Å². The summed E-state index contributed by atoms with van der Waals surface area (Å²) in [6.45, 7) is 7.16. The molecule has 1 aliphatic heterocycles. The summed E-state index contributed by atoms with van der Waals surface area (Å²) in [6.07, 6.45) is 2.48. The summed E-state index contributed by atoms with van der Waals surface area (Å²) >= 11 is 0. The van der Waals surface area contributed by atoms with Crippen molar-refractivity contribution < 1.29 is 0 Å². The lowest BCUT2D eigenvalue weighted by atomic mass is 10.0. The third-order valence-corrected chi connectivity index (χ3v) is 5.15. The van der Waals surface area contributed by atoms with Crippen LogP contribution >= 0.6 is 0 Å². The Hall–Kier alpha value is -2.46. The normalized spacial score (nSPS) is 15.5. The van der Waals surface area contributed by atoms with Crippen LogP contribution in [0.5, 0.6) is 0 Å². The molecule has 2 heterocycles. The maximum absolute atomic E-state index is 4.78. The van der Waals surface area contributed by atoms with E-state index in [4.69, 9.17) is 4.98 Å². The summed E-state index contributed by atoms with van der Waals surface area (Å²) in [4.78, 5) is 11.7. The minimum atomic E-state index is 0.269. The summed E-state index contributed by atoms with van der Waals surface area (Å²) in [7, 11) is 0. The van der Waals surface area contributed by atoms with Gasteiger partial charge in [0.2, 0.25) is 5.95 Å². The summed E-state index contributed by atoms with van der Waals surface area (Å²) < 4.78 is 0. The Kier molecular flexibility index (Phi) is 4.85. The molecule has 0 bridgehead atoms. The van der Waals surface area contributed by atoms with E-state index in [1.54, 1.807) is 0 Å². The van der Waals surface area contributed by atoms with Crippen molar-refractivity contribution in [2.75, 3.05) is 18.0 Å².